The van der Waals surface area contributed by atoms with Crippen LogP contribution in [0, 0.1) is 0 Å². The fraction of sp³-hybridized carbons (Fsp3) is 0.828. The van der Waals surface area contributed by atoms with Gasteiger partial charge in [0.1, 0.15) is 6.20 Å². The zero-order valence-corrected chi connectivity index (χ0v) is 22.5. The van der Waals surface area contributed by atoms with Crippen molar-refractivity contribution in [2.45, 2.75) is 149 Å². The van der Waals surface area contributed by atoms with Crippen molar-refractivity contribution in [1.29, 1.82) is 0 Å². The molecular weight excluding hydrogens is 406 g/mol. The molecule has 3 unspecified atom stereocenters. The summed E-state index contributed by atoms with van der Waals surface area (Å²) in [4.78, 5) is 11.5. The van der Waals surface area contributed by atoms with Gasteiger partial charge in [0, 0.05) is 20.3 Å². The summed E-state index contributed by atoms with van der Waals surface area (Å²) in [6, 6.07) is 0. The van der Waals surface area contributed by atoms with Gasteiger partial charge in [-0.05, 0) is 39.0 Å². The average molecular weight is 463 g/mol. The number of quaternary nitrogens is 1. The molecule has 0 aliphatic carbocycles. The van der Waals surface area contributed by atoms with Crippen LogP contribution in [-0.2, 0) is 4.79 Å². The lowest BCUT2D eigenvalue weighted by atomic mass is 10.0. The number of carbonyl (C=O) groups excluding carboxylic acids is 1. The van der Waals surface area contributed by atoms with E-state index < -0.39 is 0 Å². The fourth-order valence-electron chi connectivity index (χ4n) is 5.21. The summed E-state index contributed by atoms with van der Waals surface area (Å²) in [5.41, 5.74) is 0. The molecule has 1 amide bonds. The largest absolute Gasteiger partial charge is 0.338 e. The summed E-state index contributed by atoms with van der Waals surface area (Å²) < 4.78 is 0.814. The number of unbranched alkanes of at least 4 members (excludes halogenated alkanes) is 14. The van der Waals surface area contributed by atoms with Gasteiger partial charge >= 0.3 is 0 Å². The molecule has 0 bridgehead atoms. The predicted octanol–water partition coefficient (Wildman–Crippen LogP) is 7.91. The molecule has 0 aromatic carbocycles. The first-order valence-corrected chi connectivity index (χ1v) is 14.3. The topological polar surface area (TPSA) is 41.1 Å². The Morgan fingerprint density at radius 1 is 0.879 bits per heavy atom. The molecule has 0 saturated heterocycles. The molecule has 4 heteroatoms. The lowest BCUT2D eigenvalue weighted by Gasteiger charge is -2.41. The summed E-state index contributed by atoms with van der Waals surface area (Å²) >= 11 is 0. The first kappa shape index (κ1) is 29.7. The highest BCUT2D eigenvalue weighted by Gasteiger charge is 2.41. The lowest BCUT2D eigenvalue weighted by Crippen LogP contribution is -2.62. The van der Waals surface area contributed by atoms with Crippen molar-refractivity contribution in [3.05, 3.63) is 24.6 Å². The molecule has 33 heavy (non-hydrogen) atoms. The van der Waals surface area contributed by atoms with Crippen LogP contribution in [0.5, 0.6) is 0 Å². The molecule has 0 aromatic rings. The summed E-state index contributed by atoms with van der Waals surface area (Å²) in [5, 5.41) is 6.65. The first-order valence-electron chi connectivity index (χ1n) is 14.3. The van der Waals surface area contributed by atoms with Crippen molar-refractivity contribution in [2.24, 2.45) is 0 Å². The van der Waals surface area contributed by atoms with Gasteiger partial charge in [-0.2, -0.15) is 0 Å². The minimum atomic E-state index is 0.0532. The van der Waals surface area contributed by atoms with Gasteiger partial charge in [-0.25, -0.2) is 0 Å². The second kappa shape index (κ2) is 19.1. The molecule has 0 radical (unpaired) electrons. The number of nitrogens with zero attached hydrogens (tertiary/aromatic N) is 1. The average Bonchev–Trinajstić information content (AvgIpc) is 3.22. The third kappa shape index (κ3) is 12.7. The Morgan fingerprint density at radius 2 is 1.39 bits per heavy atom. The predicted molar refractivity (Wildman–Crippen MR) is 143 cm³/mol. The van der Waals surface area contributed by atoms with E-state index in [1.165, 1.54) is 103 Å². The van der Waals surface area contributed by atoms with Gasteiger partial charge in [-0.3, -0.25) is 9.28 Å². The van der Waals surface area contributed by atoms with Crippen LogP contribution in [0.4, 0.5) is 0 Å². The molecule has 4 nitrogen and oxygen atoms in total. The van der Waals surface area contributed by atoms with Crippen LogP contribution in [0.15, 0.2) is 24.6 Å². The standard InChI is InChI=1S/C29H55N3O/c1-5-7-8-9-10-11-12-13-14-15-16-17-18-19-20-21-22-23-24-29-30-25-26-32(29,6-2)27(3)31-28(4)33/h11-12,25-27,29-30H,5-10,13-24H2,1-4H3/p+1/b12-11+. The number of hydrogen-bond donors (Lipinski definition) is 2. The highest BCUT2D eigenvalue weighted by atomic mass is 16.1. The Morgan fingerprint density at radius 3 is 1.91 bits per heavy atom. The Bertz CT molecular complexity index is 545. The molecule has 0 fully saturated rings. The van der Waals surface area contributed by atoms with Crippen molar-refractivity contribution >= 4 is 5.91 Å². The zero-order chi connectivity index (χ0) is 24.2. The number of carbonyl (C=O) groups is 1. The third-order valence-corrected chi connectivity index (χ3v) is 7.39. The minimum absolute atomic E-state index is 0.0532. The van der Waals surface area contributed by atoms with E-state index in [4.69, 9.17) is 0 Å². The van der Waals surface area contributed by atoms with Crippen LogP contribution in [-0.4, -0.2) is 29.3 Å². The van der Waals surface area contributed by atoms with Crippen molar-refractivity contribution < 1.29 is 9.28 Å². The van der Waals surface area contributed by atoms with E-state index in [1.54, 1.807) is 6.92 Å². The monoisotopic (exact) mass is 462 g/mol. The van der Waals surface area contributed by atoms with Crippen LogP contribution in [0.3, 0.4) is 0 Å². The fourth-order valence-corrected chi connectivity index (χ4v) is 5.21. The van der Waals surface area contributed by atoms with Gasteiger partial charge in [0.2, 0.25) is 5.91 Å². The Balaban J connectivity index is 1.97. The maximum absolute atomic E-state index is 11.5. The van der Waals surface area contributed by atoms with Crippen LogP contribution in [0.1, 0.15) is 137 Å². The molecule has 1 heterocycles. The highest BCUT2D eigenvalue weighted by Crippen LogP contribution is 2.26. The van der Waals surface area contributed by atoms with Gasteiger partial charge in [-0.15, -0.1) is 0 Å². The normalized spacial score (nSPS) is 20.9. The molecule has 192 valence electrons. The van der Waals surface area contributed by atoms with Gasteiger partial charge in [0.25, 0.3) is 0 Å². The summed E-state index contributed by atoms with van der Waals surface area (Å²) in [7, 11) is 0. The van der Waals surface area contributed by atoms with E-state index in [1.807, 2.05) is 0 Å². The second-order valence-electron chi connectivity index (χ2n) is 10.1. The summed E-state index contributed by atoms with van der Waals surface area (Å²) in [6.07, 6.45) is 32.6. The Kier molecular flexibility index (Phi) is 17.2. The third-order valence-electron chi connectivity index (χ3n) is 7.39. The molecule has 2 N–H and O–H groups in total. The van der Waals surface area contributed by atoms with Crippen molar-refractivity contribution in [3.8, 4) is 0 Å². The van der Waals surface area contributed by atoms with Gasteiger partial charge < -0.3 is 10.6 Å². The van der Waals surface area contributed by atoms with Crippen LogP contribution in [0.2, 0.25) is 0 Å². The van der Waals surface area contributed by atoms with Crippen LogP contribution < -0.4 is 10.6 Å². The molecule has 0 aromatic heterocycles. The molecule has 0 saturated carbocycles. The van der Waals surface area contributed by atoms with Crippen molar-refractivity contribution in [3.63, 3.8) is 0 Å². The molecule has 0 spiro atoms. The zero-order valence-electron chi connectivity index (χ0n) is 22.5. The van der Waals surface area contributed by atoms with Crippen molar-refractivity contribution in [2.75, 3.05) is 6.54 Å². The molecule has 1 rings (SSSR count). The van der Waals surface area contributed by atoms with E-state index in [9.17, 15) is 4.79 Å². The summed E-state index contributed by atoms with van der Waals surface area (Å²) in [5.74, 6) is 0.0532. The second-order valence-corrected chi connectivity index (χ2v) is 10.1. The Labute approximate surface area is 206 Å². The number of allylic oxidation sites excluding steroid dienone is 2. The van der Waals surface area contributed by atoms with Crippen molar-refractivity contribution in [1.82, 2.24) is 10.6 Å². The molecule has 1 aliphatic rings. The number of nitrogens with one attached hydrogen (secondary N) is 2. The first-order chi connectivity index (χ1) is 16.1. The molecule has 3 atom stereocenters. The van der Waals surface area contributed by atoms with E-state index in [-0.39, 0.29) is 12.1 Å². The highest BCUT2D eigenvalue weighted by molar-refractivity contribution is 5.72. The van der Waals surface area contributed by atoms with E-state index in [2.05, 4.69) is 56.0 Å². The van der Waals surface area contributed by atoms with E-state index in [0.717, 1.165) is 17.4 Å². The van der Waals surface area contributed by atoms with Crippen LogP contribution >= 0.6 is 0 Å². The molecule has 1 aliphatic heterocycles. The van der Waals surface area contributed by atoms with Gasteiger partial charge in [0.15, 0.2) is 12.3 Å². The number of rotatable bonds is 21. The van der Waals surface area contributed by atoms with Crippen LogP contribution in [0.25, 0.3) is 0 Å². The SMILES string of the molecule is CCCCCC/C=C/CCCCCCCCCCCCC1NC=C[N+]1(CC)C(C)NC(C)=O. The van der Waals surface area contributed by atoms with Gasteiger partial charge in [0.05, 0.1) is 12.7 Å². The Hall–Kier alpha value is -1.29. The summed E-state index contributed by atoms with van der Waals surface area (Å²) in [6.45, 7) is 9.22. The number of amides is 1. The smallest absolute Gasteiger partial charge is 0.221 e. The minimum Gasteiger partial charge on any atom is -0.338 e. The van der Waals surface area contributed by atoms with E-state index in [0.29, 0.717) is 6.17 Å². The van der Waals surface area contributed by atoms with Gasteiger partial charge in [-0.1, -0.05) is 89.7 Å². The van der Waals surface area contributed by atoms with E-state index >= 15 is 0 Å². The quantitative estimate of drug-likeness (QED) is 0.103. The maximum Gasteiger partial charge on any atom is 0.221 e. The number of hydrogen-bond acceptors (Lipinski definition) is 2. The maximum atomic E-state index is 11.5. The molecular formula is C29H56N3O+. The lowest BCUT2D eigenvalue weighted by molar-refractivity contribution is -0.923.